The van der Waals surface area contributed by atoms with E-state index in [0.29, 0.717) is 0 Å². The van der Waals surface area contributed by atoms with Crippen LogP contribution in [0, 0.1) is 0 Å². The summed E-state index contributed by atoms with van der Waals surface area (Å²) in [6.45, 7) is 3.10. The maximum Gasteiger partial charge on any atom is 0.134 e. The monoisotopic (exact) mass is 299 g/mol. The summed E-state index contributed by atoms with van der Waals surface area (Å²) in [4.78, 5) is 0. The SMILES string of the molecule is CCCNC(c1ccccc1)c1cc2cc(Cl)ccc2o1. The molecule has 0 saturated heterocycles. The molecule has 1 aromatic heterocycles. The lowest BCUT2D eigenvalue weighted by Crippen LogP contribution is -2.22. The summed E-state index contributed by atoms with van der Waals surface area (Å²) in [5.74, 6) is 0.923. The van der Waals surface area contributed by atoms with Crippen LogP contribution in [0.5, 0.6) is 0 Å². The summed E-state index contributed by atoms with van der Waals surface area (Å²) in [6.07, 6.45) is 1.08. The number of furan rings is 1. The molecule has 3 aromatic rings. The van der Waals surface area contributed by atoms with Gasteiger partial charge >= 0.3 is 0 Å². The third-order valence-corrected chi connectivity index (χ3v) is 3.75. The smallest absolute Gasteiger partial charge is 0.134 e. The Balaban J connectivity index is 2.01. The first-order valence-corrected chi connectivity index (χ1v) is 7.63. The van der Waals surface area contributed by atoms with Gasteiger partial charge in [0.2, 0.25) is 0 Å². The second-order valence-electron chi connectivity index (χ2n) is 5.13. The van der Waals surface area contributed by atoms with Crippen LogP contribution in [-0.4, -0.2) is 6.54 Å². The first-order valence-electron chi connectivity index (χ1n) is 7.25. The maximum atomic E-state index is 6.05. The molecule has 0 fully saturated rings. The average molecular weight is 300 g/mol. The quantitative estimate of drug-likeness (QED) is 0.702. The van der Waals surface area contributed by atoms with Gasteiger partial charge in [-0.3, -0.25) is 0 Å². The number of hydrogen-bond acceptors (Lipinski definition) is 2. The zero-order chi connectivity index (χ0) is 14.7. The van der Waals surface area contributed by atoms with Crippen molar-refractivity contribution in [2.75, 3.05) is 6.54 Å². The third kappa shape index (κ3) is 3.12. The number of halogens is 1. The van der Waals surface area contributed by atoms with E-state index in [-0.39, 0.29) is 6.04 Å². The van der Waals surface area contributed by atoms with Gasteiger partial charge in [0.25, 0.3) is 0 Å². The van der Waals surface area contributed by atoms with Crippen LogP contribution in [0.1, 0.15) is 30.7 Å². The van der Waals surface area contributed by atoms with Gasteiger partial charge in [-0.2, -0.15) is 0 Å². The van der Waals surface area contributed by atoms with E-state index in [1.165, 1.54) is 5.56 Å². The Morgan fingerprint density at radius 1 is 1.10 bits per heavy atom. The fourth-order valence-electron chi connectivity index (χ4n) is 2.49. The van der Waals surface area contributed by atoms with Crippen LogP contribution in [0.4, 0.5) is 0 Å². The highest BCUT2D eigenvalue weighted by molar-refractivity contribution is 6.31. The largest absolute Gasteiger partial charge is 0.459 e. The van der Waals surface area contributed by atoms with Crippen molar-refractivity contribution in [1.29, 1.82) is 0 Å². The minimum absolute atomic E-state index is 0.0670. The van der Waals surface area contributed by atoms with E-state index in [2.05, 4.69) is 42.6 Å². The van der Waals surface area contributed by atoms with Crippen LogP contribution in [0.2, 0.25) is 5.02 Å². The number of rotatable bonds is 5. The van der Waals surface area contributed by atoms with Gasteiger partial charge in [0.05, 0.1) is 6.04 Å². The summed E-state index contributed by atoms with van der Waals surface area (Å²) in [7, 11) is 0. The number of hydrogen-bond donors (Lipinski definition) is 1. The Labute approximate surface area is 129 Å². The van der Waals surface area contributed by atoms with Crippen molar-refractivity contribution < 1.29 is 4.42 Å². The third-order valence-electron chi connectivity index (χ3n) is 3.51. The Bertz CT molecular complexity index is 720. The molecule has 0 amide bonds. The van der Waals surface area contributed by atoms with Crippen LogP contribution in [0.25, 0.3) is 11.0 Å². The van der Waals surface area contributed by atoms with Gasteiger partial charge in [0.1, 0.15) is 11.3 Å². The van der Waals surface area contributed by atoms with Crippen LogP contribution in [0.3, 0.4) is 0 Å². The van der Waals surface area contributed by atoms with Crippen molar-refractivity contribution in [3.63, 3.8) is 0 Å². The molecule has 0 bridgehead atoms. The van der Waals surface area contributed by atoms with E-state index < -0.39 is 0 Å². The fourth-order valence-corrected chi connectivity index (χ4v) is 2.67. The highest BCUT2D eigenvalue weighted by atomic mass is 35.5. The molecule has 0 radical (unpaired) electrons. The fraction of sp³-hybridized carbons (Fsp3) is 0.222. The van der Waals surface area contributed by atoms with Gasteiger partial charge in [-0.25, -0.2) is 0 Å². The first-order chi connectivity index (χ1) is 10.3. The van der Waals surface area contributed by atoms with Crippen molar-refractivity contribution >= 4 is 22.6 Å². The molecular formula is C18H18ClNO. The van der Waals surface area contributed by atoms with Crippen LogP contribution < -0.4 is 5.32 Å². The topological polar surface area (TPSA) is 25.2 Å². The standard InChI is InChI=1S/C18H18ClNO/c1-2-10-20-18(13-6-4-3-5-7-13)17-12-14-11-15(19)8-9-16(14)21-17/h3-9,11-12,18,20H,2,10H2,1H3. The number of nitrogens with one attached hydrogen (secondary N) is 1. The lowest BCUT2D eigenvalue weighted by atomic mass is 10.0. The highest BCUT2D eigenvalue weighted by Crippen LogP contribution is 2.29. The van der Waals surface area contributed by atoms with Crippen molar-refractivity contribution in [3.05, 3.63) is 70.9 Å². The van der Waals surface area contributed by atoms with Crippen molar-refractivity contribution in [2.45, 2.75) is 19.4 Å². The predicted molar refractivity (Wildman–Crippen MR) is 87.8 cm³/mol. The summed E-state index contributed by atoms with van der Waals surface area (Å²) in [6, 6.07) is 18.2. The molecule has 0 saturated carbocycles. The normalized spacial score (nSPS) is 12.7. The van der Waals surface area contributed by atoms with E-state index in [1.807, 2.05) is 24.3 Å². The maximum absolute atomic E-state index is 6.05. The van der Waals surface area contributed by atoms with Gasteiger partial charge < -0.3 is 9.73 Å². The van der Waals surface area contributed by atoms with E-state index in [0.717, 1.165) is 34.7 Å². The minimum Gasteiger partial charge on any atom is -0.459 e. The molecule has 1 N–H and O–H groups in total. The molecule has 2 nitrogen and oxygen atoms in total. The molecule has 21 heavy (non-hydrogen) atoms. The van der Waals surface area contributed by atoms with Crippen LogP contribution >= 0.6 is 11.6 Å². The molecule has 1 atom stereocenters. The van der Waals surface area contributed by atoms with Crippen LogP contribution in [-0.2, 0) is 0 Å². The second-order valence-corrected chi connectivity index (χ2v) is 5.57. The molecule has 0 aliphatic heterocycles. The Morgan fingerprint density at radius 3 is 2.67 bits per heavy atom. The molecule has 0 aliphatic rings. The zero-order valence-corrected chi connectivity index (χ0v) is 12.7. The Morgan fingerprint density at radius 2 is 1.90 bits per heavy atom. The zero-order valence-electron chi connectivity index (χ0n) is 12.0. The van der Waals surface area contributed by atoms with E-state index in [1.54, 1.807) is 0 Å². The van der Waals surface area contributed by atoms with E-state index in [9.17, 15) is 0 Å². The number of benzene rings is 2. The molecule has 3 heteroatoms. The van der Waals surface area contributed by atoms with E-state index in [4.69, 9.17) is 16.0 Å². The lowest BCUT2D eigenvalue weighted by Gasteiger charge is -2.16. The van der Waals surface area contributed by atoms with Gasteiger partial charge in [-0.15, -0.1) is 0 Å². The van der Waals surface area contributed by atoms with Gasteiger partial charge in [0.15, 0.2) is 0 Å². The molecule has 2 aromatic carbocycles. The molecule has 0 aliphatic carbocycles. The van der Waals surface area contributed by atoms with E-state index >= 15 is 0 Å². The van der Waals surface area contributed by atoms with Crippen LogP contribution in [0.15, 0.2) is 59.0 Å². The first kappa shape index (κ1) is 14.2. The second kappa shape index (κ2) is 6.33. The minimum atomic E-state index is 0.0670. The van der Waals surface area contributed by atoms with Crippen molar-refractivity contribution in [1.82, 2.24) is 5.32 Å². The summed E-state index contributed by atoms with van der Waals surface area (Å²) in [5.41, 5.74) is 2.07. The molecular weight excluding hydrogens is 282 g/mol. The number of fused-ring (bicyclic) bond motifs is 1. The molecule has 1 heterocycles. The Kier molecular flexibility index (Phi) is 4.28. The molecule has 3 rings (SSSR count). The predicted octanol–water partition coefficient (Wildman–Crippen LogP) is 5.18. The molecule has 0 spiro atoms. The van der Waals surface area contributed by atoms with Crippen molar-refractivity contribution in [3.8, 4) is 0 Å². The average Bonchev–Trinajstić information content (AvgIpc) is 2.91. The van der Waals surface area contributed by atoms with Gasteiger partial charge in [0, 0.05) is 10.4 Å². The summed E-state index contributed by atoms with van der Waals surface area (Å²) >= 11 is 6.05. The highest BCUT2D eigenvalue weighted by Gasteiger charge is 2.17. The summed E-state index contributed by atoms with van der Waals surface area (Å²) in [5, 5.41) is 5.32. The summed E-state index contributed by atoms with van der Waals surface area (Å²) < 4.78 is 6.02. The lowest BCUT2D eigenvalue weighted by molar-refractivity contribution is 0.469. The van der Waals surface area contributed by atoms with Gasteiger partial charge in [-0.1, -0.05) is 48.9 Å². The Hall–Kier alpha value is -1.77. The molecule has 1 unspecified atom stereocenters. The molecule has 108 valence electrons. The van der Waals surface area contributed by atoms with Gasteiger partial charge in [-0.05, 0) is 42.8 Å². The van der Waals surface area contributed by atoms with Crippen molar-refractivity contribution in [2.24, 2.45) is 0 Å².